The third kappa shape index (κ3) is 8.15. The van der Waals surface area contributed by atoms with E-state index in [0.717, 1.165) is 4.31 Å². The molecule has 0 fully saturated rings. The van der Waals surface area contributed by atoms with Crippen molar-refractivity contribution in [3.63, 3.8) is 0 Å². The van der Waals surface area contributed by atoms with E-state index in [-0.39, 0.29) is 33.1 Å². The van der Waals surface area contributed by atoms with Crippen LogP contribution in [0.5, 0.6) is 5.75 Å². The number of methoxy groups -OCH3 is 1. The van der Waals surface area contributed by atoms with Crippen molar-refractivity contribution in [2.45, 2.75) is 57.1 Å². The Bertz CT molecular complexity index is 1480. The van der Waals surface area contributed by atoms with E-state index in [2.05, 4.69) is 5.32 Å². The number of nitrogens with zero attached hydrogens (tertiary/aromatic N) is 2. The van der Waals surface area contributed by atoms with Gasteiger partial charge in [-0.05, 0) is 69.2 Å². The first-order chi connectivity index (χ1) is 19.3. The quantitative estimate of drug-likeness (QED) is 0.287. The number of ether oxygens (including phenoxy) is 1. The molecule has 2 amide bonds. The lowest BCUT2D eigenvalue weighted by atomic mass is 10.1. The van der Waals surface area contributed by atoms with Gasteiger partial charge in [-0.1, -0.05) is 66.5 Å². The van der Waals surface area contributed by atoms with Crippen LogP contribution in [0, 0.1) is 0 Å². The van der Waals surface area contributed by atoms with Crippen LogP contribution >= 0.6 is 23.2 Å². The SMILES string of the molecule is CCC(C(=O)NC(C)(C)C)N(Cc1cccc(OC)c1)C(=O)CN(c1cccc(Cl)c1Cl)S(=O)(=O)c1ccccc1. The van der Waals surface area contributed by atoms with Crippen LogP contribution in [0.2, 0.25) is 10.0 Å². The lowest BCUT2D eigenvalue weighted by Gasteiger charge is -2.35. The zero-order chi connectivity index (χ0) is 30.4. The second-order valence-electron chi connectivity index (χ2n) is 10.4. The van der Waals surface area contributed by atoms with Gasteiger partial charge in [0.15, 0.2) is 0 Å². The second-order valence-corrected chi connectivity index (χ2v) is 13.1. The molecule has 1 unspecified atom stereocenters. The Kier molecular flexibility index (Phi) is 10.7. The highest BCUT2D eigenvalue weighted by Crippen LogP contribution is 2.35. The van der Waals surface area contributed by atoms with Gasteiger partial charge in [0.1, 0.15) is 18.3 Å². The van der Waals surface area contributed by atoms with Gasteiger partial charge in [0.2, 0.25) is 11.8 Å². The summed E-state index contributed by atoms with van der Waals surface area (Å²) in [5.41, 5.74) is 0.203. The zero-order valence-electron chi connectivity index (χ0n) is 23.7. The summed E-state index contributed by atoms with van der Waals surface area (Å²) in [7, 11) is -2.73. The lowest BCUT2D eigenvalue weighted by molar-refractivity contribution is -0.141. The number of benzene rings is 3. The van der Waals surface area contributed by atoms with Gasteiger partial charge in [-0.2, -0.15) is 0 Å². The highest BCUT2D eigenvalue weighted by Gasteiger charge is 2.35. The van der Waals surface area contributed by atoms with E-state index in [9.17, 15) is 18.0 Å². The van der Waals surface area contributed by atoms with Gasteiger partial charge in [-0.25, -0.2) is 8.42 Å². The summed E-state index contributed by atoms with van der Waals surface area (Å²) >= 11 is 12.7. The summed E-state index contributed by atoms with van der Waals surface area (Å²) in [6.07, 6.45) is 0.293. The van der Waals surface area contributed by atoms with Crippen molar-refractivity contribution in [3.8, 4) is 5.75 Å². The van der Waals surface area contributed by atoms with Crippen LogP contribution in [0.1, 0.15) is 39.7 Å². The summed E-state index contributed by atoms with van der Waals surface area (Å²) < 4.78 is 34.1. The van der Waals surface area contributed by atoms with Crippen LogP contribution in [-0.4, -0.2) is 50.4 Å². The predicted molar refractivity (Wildman–Crippen MR) is 163 cm³/mol. The molecule has 0 aliphatic heterocycles. The van der Waals surface area contributed by atoms with E-state index in [1.54, 1.807) is 49.4 Å². The molecule has 0 spiro atoms. The van der Waals surface area contributed by atoms with Crippen molar-refractivity contribution < 1.29 is 22.7 Å². The molecule has 41 heavy (non-hydrogen) atoms. The van der Waals surface area contributed by atoms with E-state index in [1.165, 1.54) is 36.3 Å². The summed E-state index contributed by atoms with van der Waals surface area (Å²) in [5, 5.41) is 3.06. The fourth-order valence-electron chi connectivity index (χ4n) is 4.26. The number of hydrogen-bond acceptors (Lipinski definition) is 5. The number of anilines is 1. The zero-order valence-corrected chi connectivity index (χ0v) is 26.1. The fraction of sp³-hybridized carbons (Fsp3) is 0.333. The molecule has 0 saturated carbocycles. The van der Waals surface area contributed by atoms with Gasteiger partial charge >= 0.3 is 0 Å². The average molecular weight is 621 g/mol. The monoisotopic (exact) mass is 619 g/mol. The average Bonchev–Trinajstić information content (AvgIpc) is 2.92. The minimum Gasteiger partial charge on any atom is -0.497 e. The van der Waals surface area contributed by atoms with Crippen LogP contribution in [0.4, 0.5) is 5.69 Å². The molecule has 3 aromatic rings. The fourth-order valence-corrected chi connectivity index (χ4v) is 6.15. The van der Waals surface area contributed by atoms with Crippen LogP contribution < -0.4 is 14.4 Å². The molecule has 3 rings (SSSR count). The summed E-state index contributed by atoms with van der Waals surface area (Å²) in [6.45, 7) is 6.75. The molecule has 0 heterocycles. The second kappa shape index (κ2) is 13.6. The minimum absolute atomic E-state index is 0.0154. The maximum absolute atomic E-state index is 14.2. The minimum atomic E-state index is -4.26. The Labute approximate surface area is 252 Å². The third-order valence-electron chi connectivity index (χ3n) is 6.18. The van der Waals surface area contributed by atoms with E-state index in [4.69, 9.17) is 27.9 Å². The summed E-state index contributed by atoms with van der Waals surface area (Å²) in [5.74, 6) is -0.366. The van der Waals surface area contributed by atoms with Crippen molar-refractivity contribution in [2.75, 3.05) is 18.0 Å². The van der Waals surface area contributed by atoms with Crippen molar-refractivity contribution in [3.05, 3.63) is 88.4 Å². The number of halogens is 2. The van der Waals surface area contributed by atoms with Gasteiger partial charge < -0.3 is 15.0 Å². The number of carbonyl (C=O) groups excluding carboxylic acids is 2. The molecular formula is C30H35Cl2N3O5S. The molecule has 0 aromatic heterocycles. The molecule has 220 valence electrons. The first-order valence-corrected chi connectivity index (χ1v) is 15.2. The smallest absolute Gasteiger partial charge is 0.264 e. The normalized spacial score (nSPS) is 12.4. The standard InChI is InChI=1S/C30H35Cl2N3O5S/c1-6-25(29(37)33-30(2,3)4)34(19-21-12-10-13-22(18-21)40-5)27(36)20-35(26-17-11-16-24(31)28(26)32)41(38,39)23-14-8-7-9-15-23/h7-18,25H,6,19-20H2,1-5H3,(H,33,37). The Morgan fingerprint density at radius 2 is 1.63 bits per heavy atom. The van der Waals surface area contributed by atoms with Gasteiger partial charge in [-0.3, -0.25) is 13.9 Å². The Hall–Kier alpha value is -3.27. The third-order valence-corrected chi connectivity index (χ3v) is 8.76. The van der Waals surface area contributed by atoms with Crippen molar-refractivity contribution in [1.82, 2.24) is 10.2 Å². The molecule has 0 saturated heterocycles. The Morgan fingerprint density at radius 3 is 2.24 bits per heavy atom. The molecule has 1 N–H and O–H groups in total. The molecule has 0 radical (unpaired) electrons. The number of carbonyl (C=O) groups is 2. The molecule has 3 aromatic carbocycles. The predicted octanol–water partition coefficient (Wildman–Crippen LogP) is 5.92. The van der Waals surface area contributed by atoms with E-state index < -0.39 is 34.1 Å². The van der Waals surface area contributed by atoms with Crippen molar-refractivity contribution >= 4 is 50.7 Å². The summed E-state index contributed by atoms with van der Waals surface area (Å²) in [6, 6.07) is 18.6. The van der Waals surface area contributed by atoms with E-state index >= 15 is 0 Å². The number of amides is 2. The Balaban J connectivity index is 2.11. The molecule has 0 aliphatic rings. The van der Waals surface area contributed by atoms with E-state index in [1.807, 2.05) is 26.8 Å². The summed E-state index contributed by atoms with van der Waals surface area (Å²) in [4.78, 5) is 28.9. The molecular weight excluding hydrogens is 585 g/mol. The van der Waals surface area contributed by atoms with Gasteiger partial charge in [0, 0.05) is 12.1 Å². The number of sulfonamides is 1. The molecule has 1 atom stereocenters. The molecule has 11 heteroatoms. The van der Waals surface area contributed by atoms with Gasteiger partial charge in [0.05, 0.1) is 27.7 Å². The first-order valence-electron chi connectivity index (χ1n) is 13.0. The van der Waals surface area contributed by atoms with Crippen LogP contribution in [0.15, 0.2) is 77.7 Å². The Morgan fingerprint density at radius 1 is 0.976 bits per heavy atom. The van der Waals surface area contributed by atoms with Crippen LogP contribution in [0.25, 0.3) is 0 Å². The molecule has 0 aliphatic carbocycles. The largest absolute Gasteiger partial charge is 0.497 e. The highest BCUT2D eigenvalue weighted by atomic mass is 35.5. The van der Waals surface area contributed by atoms with Crippen LogP contribution in [0.3, 0.4) is 0 Å². The lowest BCUT2D eigenvalue weighted by Crippen LogP contribution is -2.55. The van der Waals surface area contributed by atoms with Crippen molar-refractivity contribution in [1.29, 1.82) is 0 Å². The van der Waals surface area contributed by atoms with Crippen molar-refractivity contribution in [2.24, 2.45) is 0 Å². The highest BCUT2D eigenvalue weighted by molar-refractivity contribution is 7.92. The maximum Gasteiger partial charge on any atom is 0.264 e. The topological polar surface area (TPSA) is 96.0 Å². The molecule has 0 bridgehead atoms. The molecule has 8 nitrogen and oxygen atoms in total. The van der Waals surface area contributed by atoms with Crippen LogP contribution in [-0.2, 0) is 26.2 Å². The first kappa shape index (κ1) is 32.2. The number of rotatable bonds is 11. The van der Waals surface area contributed by atoms with E-state index in [0.29, 0.717) is 17.7 Å². The maximum atomic E-state index is 14.2. The van der Waals surface area contributed by atoms with Gasteiger partial charge in [-0.15, -0.1) is 0 Å². The number of nitrogens with one attached hydrogen (secondary N) is 1. The van der Waals surface area contributed by atoms with Gasteiger partial charge in [0.25, 0.3) is 10.0 Å². The number of hydrogen-bond donors (Lipinski definition) is 1.